The lowest BCUT2D eigenvalue weighted by molar-refractivity contribution is 0.0834. The van der Waals surface area contributed by atoms with Crippen molar-refractivity contribution in [2.24, 2.45) is 0 Å². The van der Waals surface area contributed by atoms with Crippen molar-refractivity contribution in [1.29, 1.82) is 0 Å². The minimum atomic E-state index is -3.44. The molecule has 5 nitrogen and oxygen atoms in total. The van der Waals surface area contributed by atoms with Gasteiger partial charge in [0.15, 0.2) is 0 Å². The summed E-state index contributed by atoms with van der Waals surface area (Å²) in [6, 6.07) is 5.26. The van der Waals surface area contributed by atoms with E-state index in [9.17, 15) is 8.42 Å². The predicted octanol–water partition coefficient (Wildman–Crippen LogP) is 0.993. The highest BCUT2D eigenvalue weighted by molar-refractivity contribution is 7.89. The monoisotopic (exact) mass is 284 g/mol. The zero-order valence-electron chi connectivity index (χ0n) is 11.3. The van der Waals surface area contributed by atoms with Crippen LogP contribution >= 0.6 is 0 Å². The first kappa shape index (κ1) is 14.5. The number of rotatable bonds is 6. The van der Waals surface area contributed by atoms with Crippen molar-refractivity contribution in [3.63, 3.8) is 0 Å². The molecule has 0 fully saturated rings. The van der Waals surface area contributed by atoms with Gasteiger partial charge in [-0.2, -0.15) is 0 Å². The molecule has 0 atom stereocenters. The summed E-state index contributed by atoms with van der Waals surface area (Å²) in [6.45, 7) is 6.05. The second-order valence-electron chi connectivity index (χ2n) is 4.85. The molecule has 1 aliphatic rings. The molecule has 0 aliphatic carbocycles. The number of nitrogens with one attached hydrogen (secondary N) is 2. The van der Waals surface area contributed by atoms with Crippen LogP contribution in [0.1, 0.15) is 25.0 Å². The Hall–Kier alpha value is -0.950. The topological polar surface area (TPSA) is 67.4 Å². The van der Waals surface area contributed by atoms with E-state index in [1.54, 1.807) is 12.1 Å². The SMILES string of the molecule is CC(C)OCCNS(=O)(=O)c1ccc2c(c1)CNC2. The number of benzene rings is 1. The van der Waals surface area contributed by atoms with Crippen molar-refractivity contribution in [1.82, 2.24) is 10.0 Å². The lowest BCUT2D eigenvalue weighted by atomic mass is 10.1. The molecular weight excluding hydrogens is 264 g/mol. The molecule has 19 heavy (non-hydrogen) atoms. The first-order valence-corrected chi connectivity index (χ1v) is 7.91. The summed E-state index contributed by atoms with van der Waals surface area (Å²) in [5.74, 6) is 0. The minimum Gasteiger partial charge on any atom is -0.377 e. The van der Waals surface area contributed by atoms with E-state index in [0.29, 0.717) is 11.5 Å². The largest absolute Gasteiger partial charge is 0.377 e. The summed E-state index contributed by atoms with van der Waals surface area (Å²) in [5, 5.41) is 3.20. The van der Waals surface area contributed by atoms with Crippen LogP contribution in [0.15, 0.2) is 23.1 Å². The van der Waals surface area contributed by atoms with Gasteiger partial charge in [0.2, 0.25) is 10.0 Å². The third-order valence-electron chi connectivity index (χ3n) is 2.96. The second-order valence-corrected chi connectivity index (χ2v) is 6.62. The number of sulfonamides is 1. The van der Waals surface area contributed by atoms with Gasteiger partial charge in [-0.3, -0.25) is 0 Å². The fourth-order valence-corrected chi connectivity index (χ4v) is 3.06. The number of hydrogen-bond donors (Lipinski definition) is 2. The minimum absolute atomic E-state index is 0.107. The van der Waals surface area contributed by atoms with Crippen LogP contribution in [0.2, 0.25) is 0 Å². The van der Waals surface area contributed by atoms with E-state index in [0.717, 1.165) is 18.7 Å². The number of fused-ring (bicyclic) bond motifs is 1. The van der Waals surface area contributed by atoms with Crippen LogP contribution in [0.25, 0.3) is 0 Å². The highest BCUT2D eigenvalue weighted by Gasteiger charge is 2.17. The summed E-state index contributed by atoms with van der Waals surface area (Å²) in [5.41, 5.74) is 2.23. The molecule has 0 aromatic heterocycles. The van der Waals surface area contributed by atoms with Gasteiger partial charge in [-0.25, -0.2) is 13.1 Å². The fraction of sp³-hybridized carbons (Fsp3) is 0.538. The van der Waals surface area contributed by atoms with Gasteiger partial charge in [-0.05, 0) is 37.1 Å². The summed E-state index contributed by atoms with van der Waals surface area (Å²) in [7, 11) is -3.44. The van der Waals surface area contributed by atoms with Gasteiger partial charge in [-0.15, -0.1) is 0 Å². The Balaban J connectivity index is 1.99. The molecule has 0 amide bonds. The van der Waals surface area contributed by atoms with Crippen molar-refractivity contribution in [3.05, 3.63) is 29.3 Å². The molecular formula is C13H20N2O3S. The Morgan fingerprint density at radius 1 is 1.32 bits per heavy atom. The summed E-state index contributed by atoms with van der Waals surface area (Å²) < 4.78 is 32.0. The lowest BCUT2D eigenvalue weighted by Crippen LogP contribution is -2.28. The molecule has 6 heteroatoms. The van der Waals surface area contributed by atoms with Crippen LogP contribution in [0.3, 0.4) is 0 Å². The molecule has 0 saturated carbocycles. The molecule has 0 radical (unpaired) electrons. The van der Waals surface area contributed by atoms with Gasteiger partial charge in [0.25, 0.3) is 0 Å². The molecule has 0 saturated heterocycles. The molecule has 0 spiro atoms. The third-order valence-corrected chi connectivity index (χ3v) is 4.42. The number of hydrogen-bond acceptors (Lipinski definition) is 4. The van der Waals surface area contributed by atoms with Gasteiger partial charge in [0.1, 0.15) is 0 Å². The highest BCUT2D eigenvalue weighted by Crippen LogP contribution is 2.19. The molecule has 1 aromatic carbocycles. The van der Waals surface area contributed by atoms with E-state index in [4.69, 9.17) is 4.74 Å². The van der Waals surface area contributed by atoms with Crippen molar-refractivity contribution in [2.75, 3.05) is 13.2 Å². The van der Waals surface area contributed by atoms with Crippen molar-refractivity contribution >= 4 is 10.0 Å². The Labute approximate surface area is 114 Å². The van der Waals surface area contributed by atoms with Crippen LogP contribution in [0, 0.1) is 0 Å². The van der Waals surface area contributed by atoms with Gasteiger partial charge >= 0.3 is 0 Å². The third kappa shape index (κ3) is 3.76. The fourth-order valence-electron chi connectivity index (χ4n) is 1.99. The average molecular weight is 284 g/mol. The summed E-state index contributed by atoms with van der Waals surface area (Å²) in [6.07, 6.45) is 0.107. The Morgan fingerprint density at radius 2 is 2.05 bits per heavy atom. The molecule has 1 aliphatic heterocycles. The van der Waals surface area contributed by atoms with Gasteiger partial charge < -0.3 is 10.1 Å². The van der Waals surface area contributed by atoms with E-state index < -0.39 is 10.0 Å². The van der Waals surface area contributed by atoms with Crippen LogP contribution in [-0.2, 0) is 27.8 Å². The van der Waals surface area contributed by atoms with Crippen molar-refractivity contribution < 1.29 is 13.2 Å². The van der Waals surface area contributed by atoms with E-state index in [2.05, 4.69) is 10.0 Å². The summed E-state index contributed by atoms with van der Waals surface area (Å²) >= 11 is 0. The first-order valence-electron chi connectivity index (χ1n) is 6.43. The lowest BCUT2D eigenvalue weighted by Gasteiger charge is -2.10. The van der Waals surface area contributed by atoms with E-state index in [-0.39, 0.29) is 12.6 Å². The molecule has 0 unspecified atom stereocenters. The predicted molar refractivity (Wildman–Crippen MR) is 73.3 cm³/mol. The molecule has 1 heterocycles. The molecule has 106 valence electrons. The van der Waals surface area contributed by atoms with Crippen LogP contribution < -0.4 is 10.0 Å². The Kier molecular flexibility index (Phi) is 4.57. The van der Waals surface area contributed by atoms with Crippen molar-refractivity contribution in [3.8, 4) is 0 Å². The Morgan fingerprint density at radius 3 is 2.79 bits per heavy atom. The van der Waals surface area contributed by atoms with E-state index >= 15 is 0 Å². The quantitative estimate of drug-likeness (QED) is 0.765. The standard InChI is InChI=1S/C13H20N2O3S/c1-10(2)18-6-5-15-19(16,17)13-4-3-11-8-14-9-12(11)7-13/h3-4,7,10,14-15H,5-6,8-9H2,1-2H3. The normalized spacial score (nSPS) is 14.9. The highest BCUT2D eigenvalue weighted by atomic mass is 32.2. The van der Waals surface area contributed by atoms with Gasteiger partial charge in [0, 0.05) is 19.6 Å². The second kappa shape index (κ2) is 6.00. The average Bonchev–Trinajstić information content (AvgIpc) is 2.81. The van der Waals surface area contributed by atoms with Gasteiger partial charge in [0.05, 0.1) is 17.6 Å². The molecule has 2 N–H and O–H groups in total. The Bertz CT molecular complexity index is 541. The zero-order chi connectivity index (χ0) is 13.9. The van der Waals surface area contributed by atoms with Crippen LogP contribution in [0.5, 0.6) is 0 Å². The maximum atomic E-state index is 12.1. The summed E-state index contributed by atoms with van der Waals surface area (Å²) in [4.78, 5) is 0.319. The molecule has 1 aromatic rings. The smallest absolute Gasteiger partial charge is 0.240 e. The molecule has 0 bridgehead atoms. The zero-order valence-corrected chi connectivity index (χ0v) is 12.1. The van der Waals surface area contributed by atoms with Crippen molar-refractivity contribution in [2.45, 2.75) is 37.9 Å². The maximum absolute atomic E-state index is 12.1. The first-order chi connectivity index (χ1) is 8.99. The molecule has 2 rings (SSSR count). The maximum Gasteiger partial charge on any atom is 0.240 e. The van der Waals surface area contributed by atoms with Gasteiger partial charge in [-0.1, -0.05) is 6.07 Å². The number of ether oxygens (including phenoxy) is 1. The van der Waals surface area contributed by atoms with E-state index in [1.165, 1.54) is 5.56 Å². The van der Waals surface area contributed by atoms with E-state index in [1.807, 2.05) is 19.9 Å². The van der Waals surface area contributed by atoms with Crippen LogP contribution in [-0.4, -0.2) is 27.7 Å². The van der Waals surface area contributed by atoms with Crippen LogP contribution in [0.4, 0.5) is 0 Å².